The van der Waals surface area contributed by atoms with Crippen LogP contribution in [-0.4, -0.2) is 28.6 Å². The van der Waals surface area contributed by atoms with Gasteiger partial charge in [-0.2, -0.15) is 11.8 Å². The summed E-state index contributed by atoms with van der Waals surface area (Å²) in [6, 6.07) is 6.05. The lowest BCUT2D eigenvalue weighted by atomic mass is 10.0. The molecule has 0 saturated carbocycles. The number of benzene rings is 1. The fourth-order valence-corrected chi connectivity index (χ4v) is 3.09. The zero-order chi connectivity index (χ0) is 12.4. The van der Waals surface area contributed by atoms with Crippen molar-refractivity contribution in [2.75, 3.05) is 11.5 Å². The molecule has 4 heteroatoms. The monoisotopic (exact) mass is 251 g/mol. The first-order valence-corrected chi connectivity index (χ1v) is 6.87. The quantitative estimate of drug-likeness (QED) is 0.845. The molecule has 17 heavy (non-hydrogen) atoms. The van der Waals surface area contributed by atoms with Crippen LogP contribution in [0.2, 0.25) is 0 Å². The lowest BCUT2D eigenvalue weighted by Crippen LogP contribution is -2.45. The summed E-state index contributed by atoms with van der Waals surface area (Å²) in [4.78, 5) is 11.0. The van der Waals surface area contributed by atoms with Crippen molar-refractivity contribution < 1.29 is 9.90 Å². The first-order valence-electron chi connectivity index (χ1n) is 5.71. The van der Waals surface area contributed by atoms with Gasteiger partial charge in [0.1, 0.15) is 6.04 Å². The van der Waals surface area contributed by atoms with E-state index in [2.05, 4.69) is 37.4 Å². The maximum Gasteiger partial charge on any atom is 0.321 e. The van der Waals surface area contributed by atoms with Gasteiger partial charge in [-0.15, -0.1) is 0 Å². The molecule has 0 spiro atoms. The van der Waals surface area contributed by atoms with Crippen LogP contribution in [0.15, 0.2) is 18.2 Å². The van der Waals surface area contributed by atoms with Gasteiger partial charge in [-0.3, -0.25) is 10.1 Å². The third-order valence-electron chi connectivity index (χ3n) is 3.20. The van der Waals surface area contributed by atoms with E-state index in [0.717, 1.165) is 5.75 Å². The Morgan fingerprint density at radius 3 is 2.76 bits per heavy atom. The maximum absolute atomic E-state index is 11.0. The minimum absolute atomic E-state index is 0.147. The van der Waals surface area contributed by atoms with Gasteiger partial charge in [-0.25, -0.2) is 0 Å². The number of thioether (sulfide) groups is 1. The molecule has 1 aromatic carbocycles. The van der Waals surface area contributed by atoms with Crippen LogP contribution in [0, 0.1) is 13.8 Å². The van der Waals surface area contributed by atoms with Crippen LogP contribution < -0.4 is 5.32 Å². The summed E-state index contributed by atoms with van der Waals surface area (Å²) in [5, 5.41) is 12.2. The Kier molecular flexibility index (Phi) is 3.74. The van der Waals surface area contributed by atoms with Crippen molar-refractivity contribution in [3.8, 4) is 0 Å². The summed E-state index contributed by atoms with van der Waals surface area (Å²) in [6.07, 6.45) is 0. The molecule has 2 unspecified atom stereocenters. The first-order chi connectivity index (χ1) is 8.08. The summed E-state index contributed by atoms with van der Waals surface area (Å²) < 4.78 is 0. The molecule has 2 atom stereocenters. The standard InChI is InChI=1S/C13H17NO2S/c1-8-3-4-10(5-9(8)2)11-6-17-7-12(14-11)13(15)16/h3-5,11-12,14H,6-7H2,1-2H3,(H,15,16). The molecule has 2 rings (SSSR count). The van der Waals surface area contributed by atoms with E-state index in [4.69, 9.17) is 5.11 Å². The molecule has 1 saturated heterocycles. The molecule has 1 fully saturated rings. The molecule has 0 amide bonds. The number of carboxylic acids is 1. The molecule has 1 heterocycles. The Balaban J connectivity index is 2.16. The van der Waals surface area contributed by atoms with Gasteiger partial charge in [0.15, 0.2) is 0 Å². The SMILES string of the molecule is Cc1ccc(C2CSCC(C(=O)O)N2)cc1C. The van der Waals surface area contributed by atoms with Gasteiger partial charge in [-0.1, -0.05) is 18.2 Å². The lowest BCUT2D eigenvalue weighted by Gasteiger charge is -2.28. The van der Waals surface area contributed by atoms with E-state index >= 15 is 0 Å². The Hall–Kier alpha value is -1.00. The fourth-order valence-electron chi connectivity index (χ4n) is 1.96. The highest BCUT2D eigenvalue weighted by atomic mass is 32.2. The second kappa shape index (κ2) is 5.10. The largest absolute Gasteiger partial charge is 0.480 e. The van der Waals surface area contributed by atoms with E-state index in [0.29, 0.717) is 5.75 Å². The second-order valence-corrected chi connectivity index (χ2v) is 5.57. The Morgan fingerprint density at radius 1 is 1.35 bits per heavy atom. The Morgan fingerprint density at radius 2 is 2.12 bits per heavy atom. The van der Waals surface area contributed by atoms with E-state index in [1.165, 1.54) is 16.7 Å². The van der Waals surface area contributed by atoms with Crippen molar-refractivity contribution in [1.29, 1.82) is 0 Å². The normalized spacial score (nSPS) is 24.6. The number of carboxylic acid groups (broad SMARTS) is 1. The fraction of sp³-hybridized carbons (Fsp3) is 0.462. The molecule has 92 valence electrons. The molecule has 0 aromatic heterocycles. The van der Waals surface area contributed by atoms with Crippen LogP contribution in [0.1, 0.15) is 22.7 Å². The minimum Gasteiger partial charge on any atom is -0.480 e. The highest BCUT2D eigenvalue weighted by Crippen LogP contribution is 2.25. The van der Waals surface area contributed by atoms with E-state index in [1.54, 1.807) is 11.8 Å². The third kappa shape index (κ3) is 2.82. The number of hydrogen-bond donors (Lipinski definition) is 2. The molecule has 0 bridgehead atoms. The van der Waals surface area contributed by atoms with Crippen molar-refractivity contribution in [3.63, 3.8) is 0 Å². The first kappa shape index (κ1) is 12.5. The molecule has 2 N–H and O–H groups in total. The predicted molar refractivity (Wildman–Crippen MR) is 70.5 cm³/mol. The highest BCUT2D eigenvalue weighted by Gasteiger charge is 2.27. The summed E-state index contributed by atoms with van der Waals surface area (Å²) in [5.74, 6) is 0.828. The number of hydrogen-bond acceptors (Lipinski definition) is 3. The molecule has 1 aliphatic rings. The van der Waals surface area contributed by atoms with Gasteiger partial charge in [0.2, 0.25) is 0 Å². The van der Waals surface area contributed by atoms with E-state index in [1.807, 2.05) is 0 Å². The number of rotatable bonds is 2. The molecule has 1 aliphatic heterocycles. The smallest absolute Gasteiger partial charge is 0.321 e. The van der Waals surface area contributed by atoms with Crippen LogP contribution in [0.3, 0.4) is 0 Å². The molecule has 1 aromatic rings. The Bertz CT molecular complexity index is 433. The van der Waals surface area contributed by atoms with E-state index < -0.39 is 12.0 Å². The van der Waals surface area contributed by atoms with Gasteiger partial charge >= 0.3 is 5.97 Å². The summed E-state index contributed by atoms with van der Waals surface area (Å²) >= 11 is 1.70. The van der Waals surface area contributed by atoms with Gasteiger partial charge in [0.25, 0.3) is 0 Å². The van der Waals surface area contributed by atoms with Crippen LogP contribution in [0.4, 0.5) is 0 Å². The molecule has 0 radical (unpaired) electrons. The Labute approximate surface area is 106 Å². The maximum atomic E-state index is 11.0. The topological polar surface area (TPSA) is 49.3 Å². The molecular formula is C13H17NO2S. The molecular weight excluding hydrogens is 234 g/mol. The van der Waals surface area contributed by atoms with Crippen molar-refractivity contribution in [3.05, 3.63) is 34.9 Å². The average molecular weight is 251 g/mol. The average Bonchev–Trinajstić information content (AvgIpc) is 2.33. The van der Waals surface area contributed by atoms with Gasteiger partial charge in [0, 0.05) is 17.5 Å². The number of carbonyl (C=O) groups is 1. The molecule has 3 nitrogen and oxygen atoms in total. The predicted octanol–water partition coefficient (Wildman–Crippen LogP) is 2.13. The summed E-state index contributed by atoms with van der Waals surface area (Å²) in [6.45, 7) is 4.17. The molecule has 0 aliphatic carbocycles. The van der Waals surface area contributed by atoms with Gasteiger partial charge < -0.3 is 5.11 Å². The second-order valence-electron chi connectivity index (χ2n) is 4.49. The van der Waals surface area contributed by atoms with Crippen LogP contribution >= 0.6 is 11.8 Å². The van der Waals surface area contributed by atoms with Crippen LogP contribution in [0.5, 0.6) is 0 Å². The zero-order valence-electron chi connectivity index (χ0n) is 10.1. The highest BCUT2D eigenvalue weighted by molar-refractivity contribution is 7.99. The summed E-state index contributed by atoms with van der Waals surface area (Å²) in [7, 11) is 0. The summed E-state index contributed by atoms with van der Waals surface area (Å²) in [5.41, 5.74) is 3.71. The number of aliphatic carboxylic acids is 1. The van der Waals surface area contributed by atoms with Gasteiger partial charge in [0.05, 0.1) is 0 Å². The number of aryl methyl sites for hydroxylation is 2. The lowest BCUT2D eigenvalue weighted by molar-refractivity contribution is -0.139. The zero-order valence-corrected chi connectivity index (χ0v) is 10.9. The number of nitrogens with one attached hydrogen (secondary N) is 1. The third-order valence-corrected chi connectivity index (χ3v) is 4.34. The van der Waals surface area contributed by atoms with Gasteiger partial charge in [-0.05, 0) is 30.5 Å². The van der Waals surface area contributed by atoms with Crippen LogP contribution in [0.25, 0.3) is 0 Å². The van der Waals surface area contributed by atoms with Crippen molar-refractivity contribution in [2.45, 2.75) is 25.9 Å². The van der Waals surface area contributed by atoms with Crippen molar-refractivity contribution in [1.82, 2.24) is 5.32 Å². The minimum atomic E-state index is -0.758. The van der Waals surface area contributed by atoms with E-state index in [-0.39, 0.29) is 6.04 Å². The van der Waals surface area contributed by atoms with Crippen molar-refractivity contribution in [2.24, 2.45) is 0 Å². The van der Waals surface area contributed by atoms with Crippen molar-refractivity contribution >= 4 is 17.7 Å². The van der Waals surface area contributed by atoms with Crippen LogP contribution in [-0.2, 0) is 4.79 Å². The van der Waals surface area contributed by atoms with E-state index in [9.17, 15) is 4.79 Å².